The van der Waals surface area contributed by atoms with Gasteiger partial charge >= 0.3 is 5.97 Å². The number of halogens is 3. The van der Waals surface area contributed by atoms with Crippen LogP contribution in [0.4, 0.5) is 5.69 Å². The van der Waals surface area contributed by atoms with Crippen molar-refractivity contribution in [3.8, 4) is 5.75 Å². The normalized spacial score (nSPS) is 10.8. The minimum atomic E-state index is -0.519. The Bertz CT molecular complexity index is 1590. The Kier molecular flexibility index (Phi) is 9.14. The number of rotatable bonds is 7. The van der Waals surface area contributed by atoms with Crippen LogP contribution < -0.4 is 15.5 Å². The van der Waals surface area contributed by atoms with Crippen LogP contribution in [-0.2, 0) is 0 Å². The van der Waals surface area contributed by atoms with Gasteiger partial charge in [-0.25, -0.2) is 10.2 Å². The lowest BCUT2D eigenvalue weighted by Gasteiger charge is -2.09. The Morgan fingerprint density at radius 1 is 0.872 bits per heavy atom. The van der Waals surface area contributed by atoms with Gasteiger partial charge < -0.3 is 10.1 Å². The van der Waals surface area contributed by atoms with Gasteiger partial charge in [0.25, 0.3) is 11.8 Å². The molecule has 0 heterocycles. The number of hydrogen-bond donors (Lipinski definition) is 2. The second kappa shape index (κ2) is 12.7. The fourth-order valence-corrected chi connectivity index (χ4v) is 4.27. The van der Waals surface area contributed by atoms with Gasteiger partial charge in [-0.3, -0.25) is 9.59 Å². The molecule has 4 rings (SSSR count). The van der Waals surface area contributed by atoms with Crippen molar-refractivity contribution in [1.82, 2.24) is 5.43 Å². The Labute approximate surface area is 242 Å². The number of anilines is 1. The molecule has 0 unspecified atom stereocenters. The minimum absolute atomic E-state index is 0.208. The first-order chi connectivity index (χ1) is 18.7. The zero-order valence-electron chi connectivity index (χ0n) is 20.4. The summed E-state index contributed by atoms with van der Waals surface area (Å²) in [5.41, 5.74) is 5.23. The summed E-state index contributed by atoms with van der Waals surface area (Å²) in [6.45, 7) is 1.93. The zero-order valence-corrected chi connectivity index (χ0v) is 23.5. The molecule has 0 aliphatic carbocycles. The molecule has 0 atom stereocenters. The van der Waals surface area contributed by atoms with Gasteiger partial charge in [0.05, 0.1) is 22.4 Å². The monoisotopic (exact) mass is 623 g/mol. The van der Waals surface area contributed by atoms with Crippen LogP contribution in [0.3, 0.4) is 0 Å². The number of carbonyl (C=O) groups is 3. The van der Waals surface area contributed by atoms with E-state index in [2.05, 4.69) is 31.8 Å². The average molecular weight is 625 g/mol. The molecule has 0 fully saturated rings. The SMILES string of the molecule is Cc1ccc(C(=O)Oc2ccc(Br)cc2C=NNC(=O)c2cccc(NC(=O)c3ccc(Cl)cc3Cl)c2)cc1. The van der Waals surface area contributed by atoms with Crippen molar-refractivity contribution in [1.29, 1.82) is 0 Å². The number of benzene rings is 4. The second-order valence-corrected chi connectivity index (χ2v) is 10.1. The highest BCUT2D eigenvalue weighted by Crippen LogP contribution is 2.24. The van der Waals surface area contributed by atoms with Gasteiger partial charge in [-0.15, -0.1) is 0 Å². The molecule has 39 heavy (non-hydrogen) atoms. The number of esters is 1. The van der Waals surface area contributed by atoms with Crippen LogP contribution in [0.25, 0.3) is 0 Å². The van der Waals surface area contributed by atoms with E-state index in [9.17, 15) is 14.4 Å². The summed E-state index contributed by atoms with van der Waals surface area (Å²) < 4.78 is 6.28. The van der Waals surface area contributed by atoms with Gasteiger partial charge in [-0.05, 0) is 73.7 Å². The summed E-state index contributed by atoms with van der Waals surface area (Å²) in [6.07, 6.45) is 1.37. The quantitative estimate of drug-likeness (QED) is 0.0976. The van der Waals surface area contributed by atoms with Gasteiger partial charge in [-0.1, -0.05) is 62.9 Å². The van der Waals surface area contributed by atoms with Crippen LogP contribution in [0.2, 0.25) is 10.0 Å². The zero-order chi connectivity index (χ0) is 27.9. The van der Waals surface area contributed by atoms with Crippen molar-refractivity contribution in [3.63, 3.8) is 0 Å². The molecule has 0 aliphatic heterocycles. The molecule has 2 amide bonds. The molecule has 0 aliphatic rings. The van der Waals surface area contributed by atoms with Crippen LogP contribution in [-0.4, -0.2) is 24.0 Å². The van der Waals surface area contributed by atoms with E-state index in [4.69, 9.17) is 27.9 Å². The molecule has 10 heteroatoms. The Morgan fingerprint density at radius 3 is 2.38 bits per heavy atom. The average Bonchev–Trinajstić information content (AvgIpc) is 2.90. The molecule has 0 saturated heterocycles. The standard InChI is InChI=1S/C29H20BrCl2N3O4/c1-17-5-7-18(8-6-17)29(38)39-26-12-9-21(30)13-20(26)16-33-35-27(36)19-3-2-4-23(14-19)34-28(37)24-11-10-22(31)15-25(24)32/h2-16H,1H3,(H,34,37)(H,35,36). The number of carbonyl (C=O) groups excluding carboxylic acids is 3. The smallest absolute Gasteiger partial charge is 0.343 e. The lowest BCUT2D eigenvalue weighted by molar-refractivity contribution is 0.0734. The number of hydrogen-bond acceptors (Lipinski definition) is 5. The third-order valence-electron chi connectivity index (χ3n) is 5.39. The molecule has 196 valence electrons. The molecule has 0 spiro atoms. The molecule has 0 saturated carbocycles. The number of amides is 2. The molecule has 0 radical (unpaired) electrons. The van der Waals surface area contributed by atoms with Crippen LogP contribution in [0, 0.1) is 6.92 Å². The molecule has 2 N–H and O–H groups in total. The van der Waals surface area contributed by atoms with Crippen LogP contribution in [0.1, 0.15) is 42.2 Å². The number of hydrazone groups is 1. The fraction of sp³-hybridized carbons (Fsp3) is 0.0345. The highest BCUT2D eigenvalue weighted by Gasteiger charge is 2.14. The largest absolute Gasteiger partial charge is 0.422 e. The summed E-state index contributed by atoms with van der Waals surface area (Å²) in [6, 6.07) is 22.9. The van der Waals surface area contributed by atoms with Crippen molar-refractivity contribution in [2.75, 3.05) is 5.32 Å². The van der Waals surface area contributed by atoms with Gasteiger partial charge in [0.15, 0.2) is 0 Å². The lowest BCUT2D eigenvalue weighted by atomic mass is 10.1. The molecular weight excluding hydrogens is 605 g/mol. The Hall–Kier alpha value is -3.98. The molecule has 4 aromatic carbocycles. The maximum atomic E-state index is 12.7. The van der Waals surface area contributed by atoms with E-state index in [0.717, 1.165) is 10.0 Å². The molecular formula is C29H20BrCl2N3O4. The number of ether oxygens (including phenoxy) is 1. The van der Waals surface area contributed by atoms with Crippen LogP contribution in [0.5, 0.6) is 5.75 Å². The van der Waals surface area contributed by atoms with E-state index in [0.29, 0.717) is 21.8 Å². The van der Waals surface area contributed by atoms with Gasteiger partial charge in [0.1, 0.15) is 5.75 Å². The predicted octanol–water partition coefficient (Wildman–Crippen LogP) is 7.30. The minimum Gasteiger partial charge on any atom is -0.422 e. The van der Waals surface area contributed by atoms with Crippen LogP contribution >= 0.6 is 39.1 Å². The molecule has 7 nitrogen and oxygen atoms in total. The third kappa shape index (κ3) is 7.54. The maximum Gasteiger partial charge on any atom is 0.343 e. The van der Waals surface area contributed by atoms with Crippen LogP contribution in [0.15, 0.2) is 94.5 Å². The molecule has 0 aromatic heterocycles. The summed E-state index contributed by atoms with van der Waals surface area (Å²) >= 11 is 15.4. The van der Waals surface area contributed by atoms with E-state index < -0.39 is 17.8 Å². The lowest BCUT2D eigenvalue weighted by Crippen LogP contribution is -2.18. The van der Waals surface area contributed by atoms with Gasteiger partial charge in [0.2, 0.25) is 0 Å². The molecule has 0 bridgehead atoms. The fourth-order valence-electron chi connectivity index (χ4n) is 3.40. The Balaban J connectivity index is 1.43. The number of aryl methyl sites for hydroxylation is 1. The maximum absolute atomic E-state index is 12.7. The van der Waals surface area contributed by atoms with Crippen molar-refractivity contribution in [3.05, 3.63) is 127 Å². The van der Waals surface area contributed by atoms with E-state index in [1.54, 1.807) is 54.6 Å². The third-order valence-corrected chi connectivity index (χ3v) is 6.43. The second-order valence-electron chi connectivity index (χ2n) is 8.30. The summed E-state index contributed by atoms with van der Waals surface area (Å²) in [5.74, 6) is -1.21. The summed E-state index contributed by atoms with van der Waals surface area (Å²) in [4.78, 5) is 37.9. The first-order valence-corrected chi connectivity index (χ1v) is 13.0. The van der Waals surface area contributed by atoms with Gasteiger partial charge in [0, 0.05) is 26.3 Å². The highest BCUT2D eigenvalue weighted by atomic mass is 79.9. The molecule has 4 aromatic rings. The van der Waals surface area contributed by atoms with Crippen molar-refractivity contribution in [2.45, 2.75) is 6.92 Å². The first kappa shape index (κ1) is 28.0. The van der Waals surface area contributed by atoms with E-state index in [1.807, 2.05) is 19.1 Å². The predicted molar refractivity (Wildman–Crippen MR) is 156 cm³/mol. The van der Waals surface area contributed by atoms with Crippen molar-refractivity contribution < 1.29 is 19.1 Å². The highest BCUT2D eigenvalue weighted by molar-refractivity contribution is 9.10. The first-order valence-electron chi connectivity index (χ1n) is 11.5. The summed E-state index contributed by atoms with van der Waals surface area (Å²) in [7, 11) is 0. The number of nitrogens with zero attached hydrogens (tertiary/aromatic N) is 1. The topological polar surface area (TPSA) is 96.9 Å². The van der Waals surface area contributed by atoms with Crippen molar-refractivity contribution >= 4 is 68.8 Å². The number of nitrogens with one attached hydrogen (secondary N) is 2. The Morgan fingerprint density at radius 2 is 1.64 bits per heavy atom. The van der Waals surface area contributed by atoms with Gasteiger partial charge in [-0.2, -0.15) is 5.10 Å². The summed E-state index contributed by atoms with van der Waals surface area (Å²) in [5, 5.41) is 7.34. The van der Waals surface area contributed by atoms with E-state index in [-0.39, 0.29) is 21.9 Å². The van der Waals surface area contributed by atoms with E-state index in [1.165, 1.54) is 24.4 Å². The van der Waals surface area contributed by atoms with Crippen molar-refractivity contribution in [2.24, 2.45) is 5.10 Å². The van der Waals surface area contributed by atoms with E-state index >= 15 is 0 Å².